The van der Waals surface area contributed by atoms with Crippen molar-refractivity contribution in [3.05, 3.63) is 41.8 Å². The van der Waals surface area contributed by atoms with Crippen LogP contribution in [0.15, 0.2) is 39.9 Å². The summed E-state index contributed by atoms with van der Waals surface area (Å²) in [7, 11) is 5.89. The number of guanidine groups is 1. The molecule has 1 aromatic heterocycles. The third-order valence-corrected chi connectivity index (χ3v) is 4.31. The van der Waals surface area contributed by atoms with Crippen LogP contribution < -0.4 is 10.6 Å². The van der Waals surface area contributed by atoms with Crippen molar-refractivity contribution in [2.75, 3.05) is 40.8 Å². The predicted molar refractivity (Wildman–Crippen MR) is 113 cm³/mol. The van der Waals surface area contributed by atoms with Crippen LogP contribution in [-0.2, 0) is 11.3 Å². The summed E-state index contributed by atoms with van der Waals surface area (Å²) in [4.78, 5) is 11.0. The van der Waals surface area contributed by atoms with Gasteiger partial charge >= 0.3 is 0 Å². The first-order chi connectivity index (χ1) is 13.5. The van der Waals surface area contributed by atoms with Gasteiger partial charge in [0.2, 0.25) is 5.89 Å². The first-order valence-corrected chi connectivity index (χ1v) is 9.74. The maximum Gasteiger partial charge on any atom is 0.226 e. The van der Waals surface area contributed by atoms with Crippen LogP contribution in [0.25, 0.3) is 11.5 Å². The standard InChI is InChI=1S/C21H33N5O2/c1-6-27-19(11-12-26(4)5)14-24-21(22-3)23-13-18-15-28-20(25-18)17-9-7-16(2)8-10-17/h7-10,15,19H,6,11-14H2,1-5H3,(H2,22,23,24). The van der Waals surface area contributed by atoms with Crippen molar-refractivity contribution in [3.63, 3.8) is 0 Å². The zero-order valence-corrected chi connectivity index (χ0v) is 17.7. The SMILES string of the molecule is CCOC(CCN(C)C)CNC(=NC)NCc1coc(-c2ccc(C)cc2)n1. The van der Waals surface area contributed by atoms with Gasteiger partial charge in [-0.3, -0.25) is 4.99 Å². The summed E-state index contributed by atoms with van der Waals surface area (Å²) >= 11 is 0. The number of nitrogens with zero attached hydrogens (tertiary/aromatic N) is 3. The average molecular weight is 388 g/mol. The van der Waals surface area contributed by atoms with E-state index in [0.29, 0.717) is 25.6 Å². The maximum atomic E-state index is 5.81. The minimum Gasteiger partial charge on any atom is -0.444 e. The molecule has 7 nitrogen and oxygen atoms in total. The third kappa shape index (κ3) is 7.32. The van der Waals surface area contributed by atoms with E-state index < -0.39 is 0 Å². The second kappa shape index (κ2) is 11.5. The molecule has 2 rings (SSSR count). The third-order valence-electron chi connectivity index (χ3n) is 4.31. The molecule has 0 saturated heterocycles. The van der Waals surface area contributed by atoms with Gasteiger partial charge in [-0.2, -0.15) is 0 Å². The Hall–Kier alpha value is -2.38. The van der Waals surface area contributed by atoms with E-state index in [1.54, 1.807) is 13.3 Å². The molecule has 154 valence electrons. The van der Waals surface area contributed by atoms with Crippen LogP contribution in [0, 0.1) is 6.92 Å². The van der Waals surface area contributed by atoms with Crippen molar-refractivity contribution in [2.24, 2.45) is 4.99 Å². The van der Waals surface area contributed by atoms with Gasteiger partial charge in [0.05, 0.1) is 18.3 Å². The predicted octanol–water partition coefficient (Wildman–Crippen LogP) is 2.67. The molecule has 0 spiro atoms. The van der Waals surface area contributed by atoms with E-state index in [1.807, 2.05) is 31.2 Å². The van der Waals surface area contributed by atoms with Crippen LogP contribution in [0.2, 0.25) is 0 Å². The fourth-order valence-electron chi connectivity index (χ4n) is 2.70. The van der Waals surface area contributed by atoms with Gasteiger partial charge in [0.15, 0.2) is 5.96 Å². The lowest BCUT2D eigenvalue weighted by atomic mass is 10.1. The highest BCUT2D eigenvalue weighted by Crippen LogP contribution is 2.18. The minimum absolute atomic E-state index is 0.145. The molecule has 1 heterocycles. The molecule has 2 N–H and O–H groups in total. The van der Waals surface area contributed by atoms with E-state index in [0.717, 1.165) is 30.2 Å². The molecule has 28 heavy (non-hydrogen) atoms. The Morgan fingerprint density at radius 2 is 2.00 bits per heavy atom. The highest BCUT2D eigenvalue weighted by atomic mass is 16.5. The summed E-state index contributed by atoms with van der Waals surface area (Å²) in [6.07, 6.45) is 2.79. The molecule has 0 bridgehead atoms. The smallest absolute Gasteiger partial charge is 0.226 e. The van der Waals surface area contributed by atoms with Crippen LogP contribution in [0.1, 0.15) is 24.6 Å². The highest BCUT2D eigenvalue weighted by Gasteiger charge is 2.11. The number of oxazole rings is 1. The number of nitrogens with one attached hydrogen (secondary N) is 2. The van der Waals surface area contributed by atoms with Crippen molar-refractivity contribution in [1.29, 1.82) is 0 Å². The Morgan fingerprint density at radius 3 is 2.64 bits per heavy atom. The summed E-state index contributed by atoms with van der Waals surface area (Å²) in [6.45, 7) is 7.00. The lowest BCUT2D eigenvalue weighted by Crippen LogP contribution is -2.42. The molecular formula is C21H33N5O2. The van der Waals surface area contributed by atoms with Crippen LogP contribution in [0.4, 0.5) is 0 Å². The van der Waals surface area contributed by atoms with Gasteiger partial charge in [-0.25, -0.2) is 4.98 Å². The van der Waals surface area contributed by atoms with Crippen molar-refractivity contribution in [2.45, 2.75) is 32.9 Å². The molecule has 0 fully saturated rings. The zero-order chi connectivity index (χ0) is 20.4. The number of benzene rings is 1. The number of aliphatic imine (C=N–C) groups is 1. The van der Waals surface area contributed by atoms with Crippen molar-refractivity contribution >= 4 is 5.96 Å². The molecule has 0 radical (unpaired) electrons. The molecular weight excluding hydrogens is 354 g/mol. The van der Waals surface area contributed by atoms with Gasteiger partial charge in [-0.05, 0) is 46.5 Å². The Labute approximate surface area is 168 Å². The molecule has 1 aromatic carbocycles. The zero-order valence-electron chi connectivity index (χ0n) is 17.7. The number of aromatic nitrogens is 1. The van der Waals surface area contributed by atoms with Gasteiger partial charge in [-0.1, -0.05) is 17.7 Å². The number of hydrogen-bond donors (Lipinski definition) is 2. The second-order valence-electron chi connectivity index (χ2n) is 6.99. The van der Waals surface area contributed by atoms with Crippen LogP contribution >= 0.6 is 0 Å². The van der Waals surface area contributed by atoms with E-state index >= 15 is 0 Å². The first kappa shape index (κ1) is 21.9. The van der Waals surface area contributed by atoms with Crippen molar-refractivity contribution < 1.29 is 9.15 Å². The lowest BCUT2D eigenvalue weighted by molar-refractivity contribution is 0.0548. The van der Waals surface area contributed by atoms with Gasteiger partial charge in [0, 0.05) is 32.3 Å². The summed E-state index contributed by atoms with van der Waals surface area (Å²) in [5.41, 5.74) is 3.01. The van der Waals surface area contributed by atoms with E-state index in [-0.39, 0.29) is 6.10 Å². The molecule has 0 aliphatic heterocycles. The number of rotatable bonds is 10. The fourth-order valence-corrected chi connectivity index (χ4v) is 2.70. The van der Waals surface area contributed by atoms with Gasteiger partial charge in [0.25, 0.3) is 0 Å². The largest absolute Gasteiger partial charge is 0.444 e. The second-order valence-corrected chi connectivity index (χ2v) is 6.99. The lowest BCUT2D eigenvalue weighted by Gasteiger charge is -2.21. The first-order valence-electron chi connectivity index (χ1n) is 9.74. The number of aryl methyl sites for hydroxylation is 1. The summed E-state index contributed by atoms with van der Waals surface area (Å²) < 4.78 is 11.4. The van der Waals surface area contributed by atoms with Gasteiger partial charge < -0.3 is 24.7 Å². The Balaban J connectivity index is 1.84. The molecule has 7 heteroatoms. The maximum absolute atomic E-state index is 5.81. The normalized spacial score (nSPS) is 13.0. The van der Waals surface area contributed by atoms with Crippen molar-refractivity contribution in [3.8, 4) is 11.5 Å². The molecule has 1 unspecified atom stereocenters. The van der Waals surface area contributed by atoms with Gasteiger partial charge in [0.1, 0.15) is 6.26 Å². The molecule has 0 aliphatic rings. The Bertz CT molecular complexity index is 725. The van der Waals surface area contributed by atoms with Crippen LogP contribution in [-0.4, -0.2) is 62.8 Å². The Kier molecular flexibility index (Phi) is 8.97. The fraction of sp³-hybridized carbons (Fsp3) is 0.524. The summed E-state index contributed by atoms with van der Waals surface area (Å²) in [5.74, 6) is 1.34. The minimum atomic E-state index is 0.145. The molecule has 1 atom stereocenters. The van der Waals surface area contributed by atoms with E-state index in [2.05, 4.69) is 46.5 Å². The monoisotopic (exact) mass is 387 g/mol. The van der Waals surface area contributed by atoms with E-state index in [1.165, 1.54) is 5.56 Å². The topological polar surface area (TPSA) is 74.9 Å². The number of ether oxygens (including phenoxy) is 1. The Morgan fingerprint density at radius 1 is 1.25 bits per heavy atom. The number of hydrogen-bond acceptors (Lipinski definition) is 5. The van der Waals surface area contributed by atoms with E-state index in [4.69, 9.17) is 9.15 Å². The average Bonchev–Trinajstić information content (AvgIpc) is 3.15. The summed E-state index contributed by atoms with van der Waals surface area (Å²) in [6, 6.07) is 8.13. The van der Waals surface area contributed by atoms with Crippen LogP contribution in [0.5, 0.6) is 0 Å². The molecule has 0 aliphatic carbocycles. The molecule has 0 amide bonds. The quantitative estimate of drug-likeness (QED) is 0.482. The van der Waals surface area contributed by atoms with E-state index in [9.17, 15) is 0 Å². The van der Waals surface area contributed by atoms with Gasteiger partial charge in [-0.15, -0.1) is 0 Å². The summed E-state index contributed by atoms with van der Waals surface area (Å²) in [5, 5.41) is 6.60. The molecule has 0 saturated carbocycles. The van der Waals surface area contributed by atoms with Crippen molar-refractivity contribution in [1.82, 2.24) is 20.5 Å². The molecule has 2 aromatic rings. The highest BCUT2D eigenvalue weighted by molar-refractivity contribution is 5.79. The van der Waals surface area contributed by atoms with Crippen LogP contribution in [0.3, 0.4) is 0 Å².